The van der Waals surface area contributed by atoms with Crippen molar-refractivity contribution in [1.82, 2.24) is 0 Å². The number of ether oxygens (including phenoxy) is 1. The first kappa shape index (κ1) is 13.5. The predicted molar refractivity (Wildman–Crippen MR) is 68.3 cm³/mol. The third kappa shape index (κ3) is 2.74. The molecule has 2 aromatic carbocycles. The predicted octanol–water partition coefficient (Wildman–Crippen LogP) is 3.87. The van der Waals surface area contributed by atoms with E-state index in [0.29, 0.717) is 5.75 Å². The van der Waals surface area contributed by atoms with E-state index in [1.165, 1.54) is 0 Å². The molecule has 0 aromatic heterocycles. The first-order valence-corrected chi connectivity index (χ1v) is 5.85. The Hall–Kier alpha value is -1.94. The van der Waals surface area contributed by atoms with Gasteiger partial charge in [-0.05, 0) is 48.7 Å². The van der Waals surface area contributed by atoms with E-state index in [4.69, 9.17) is 9.84 Å². The van der Waals surface area contributed by atoms with Gasteiger partial charge in [0.25, 0.3) is 0 Å². The third-order valence-corrected chi connectivity index (χ3v) is 3.01. The van der Waals surface area contributed by atoms with Crippen molar-refractivity contribution < 1.29 is 18.6 Å². The topological polar surface area (TPSA) is 29.5 Å². The van der Waals surface area contributed by atoms with Crippen LogP contribution < -0.4 is 4.74 Å². The van der Waals surface area contributed by atoms with Gasteiger partial charge in [-0.1, -0.05) is 12.1 Å². The van der Waals surface area contributed by atoms with Gasteiger partial charge >= 0.3 is 0 Å². The van der Waals surface area contributed by atoms with Gasteiger partial charge in [0, 0.05) is 0 Å². The standard InChI is InChI=1S/C15H14F2O2/c1-9-4-3-5-14(10(9)2)19-15-12(16)6-11(8-18)7-13(15)17/h3-7,18H,8H2,1-2H3. The summed E-state index contributed by atoms with van der Waals surface area (Å²) in [6, 6.07) is 7.42. The molecule has 0 unspecified atom stereocenters. The van der Waals surface area contributed by atoms with E-state index in [-0.39, 0.29) is 5.56 Å². The Kier molecular flexibility index (Phi) is 3.81. The number of hydrogen-bond donors (Lipinski definition) is 1. The molecule has 0 bridgehead atoms. The molecule has 2 rings (SSSR count). The number of aryl methyl sites for hydroxylation is 1. The van der Waals surface area contributed by atoms with Crippen molar-refractivity contribution in [3.63, 3.8) is 0 Å². The fourth-order valence-electron chi connectivity index (χ4n) is 1.75. The highest BCUT2D eigenvalue weighted by Gasteiger charge is 2.14. The monoisotopic (exact) mass is 264 g/mol. The molecule has 0 saturated carbocycles. The van der Waals surface area contributed by atoms with Crippen LogP contribution in [0.15, 0.2) is 30.3 Å². The summed E-state index contributed by atoms with van der Waals surface area (Å²) in [5.74, 6) is -1.70. The van der Waals surface area contributed by atoms with Crippen LogP contribution in [0.2, 0.25) is 0 Å². The molecule has 0 aliphatic rings. The summed E-state index contributed by atoms with van der Waals surface area (Å²) in [5, 5.41) is 8.87. The van der Waals surface area contributed by atoms with Crippen molar-refractivity contribution in [2.24, 2.45) is 0 Å². The molecule has 0 amide bonds. The summed E-state index contributed by atoms with van der Waals surface area (Å²) < 4.78 is 32.8. The summed E-state index contributed by atoms with van der Waals surface area (Å²) >= 11 is 0. The number of rotatable bonds is 3. The Morgan fingerprint density at radius 2 is 1.74 bits per heavy atom. The normalized spacial score (nSPS) is 10.6. The maximum atomic E-state index is 13.7. The average Bonchev–Trinajstić information content (AvgIpc) is 2.38. The van der Waals surface area contributed by atoms with Crippen LogP contribution in [0.25, 0.3) is 0 Å². The Bertz CT molecular complexity index is 586. The largest absolute Gasteiger partial charge is 0.451 e. The molecule has 1 N–H and O–H groups in total. The Morgan fingerprint density at radius 3 is 2.32 bits per heavy atom. The van der Waals surface area contributed by atoms with Crippen molar-refractivity contribution in [3.8, 4) is 11.5 Å². The highest BCUT2D eigenvalue weighted by atomic mass is 19.1. The van der Waals surface area contributed by atoms with Gasteiger partial charge in [0.2, 0.25) is 0 Å². The highest BCUT2D eigenvalue weighted by molar-refractivity contribution is 5.42. The fourth-order valence-corrected chi connectivity index (χ4v) is 1.75. The maximum Gasteiger partial charge on any atom is 0.198 e. The summed E-state index contributed by atoms with van der Waals surface area (Å²) in [5.41, 5.74) is 1.97. The van der Waals surface area contributed by atoms with E-state index in [0.717, 1.165) is 23.3 Å². The van der Waals surface area contributed by atoms with Crippen molar-refractivity contribution in [2.45, 2.75) is 20.5 Å². The van der Waals surface area contributed by atoms with Gasteiger partial charge in [-0.15, -0.1) is 0 Å². The lowest BCUT2D eigenvalue weighted by Crippen LogP contribution is -1.97. The second-order valence-electron chi connectivity index (χ2n) is 4.35. The number of aliphatic hydroxyl groups excluding tert-OH is 1. The van der Waals surface area contributed by atoms with E-state index in [2.05, 4.69) is 0 Å². The minimum absolute atomic E-state index is 0.170. The van der Waals surface area contributed by atoms with Gasteiger partial charge in [-0.3, -0.25) is 0 Å². The molecule has 0 heterocycles. The zero-order valence-corrected chi connectivity index (χ0v) is 10.7. The average molecular weight is 264 g/mol. The smallest absolute Gasteiger partial charge is 0.198 e. The summed E-state index contributed by atoms with van der Waals surface area (Å²) in [6.45, 7) is 3.30. The van der Waals surface area contributed by atoms with Gasteiger partial charge in [0.1, 0.15) is 5.75 Å². The SMILES string of the molecule is Cc1cccc(Oc2c(F)cc(CO)cc2F)c1C. The van der Waals surface area contributed by atoms with E-state index in [1.807, 2.05) is 19.9 Å². The number of aliphatic hydroxyl groups is 1. The maximum absolute atomic E-state index is 13.7. The van der Waals surface area contributed by atoms with Crippen LogP contribution >= 0.6 is 0 Å². The second-order valence-corrected chi connectivity index (χ2v) is 4.35. The van der Waals surface area contributed by atoms with Crippen LogP contribution in [0.3, 0.4) is 0 Å². The molecule has 0 saturated heterocycles. The first-order valence-electron chi connectivity index (χ1n) is 5.85. The molecule has 0 aliphatic carbocycles. The summed E-state index contributed by atoms with van der Waals surface area (Å²) in [6.07, 6.45) is 0. The highest BCUT2D eigenvalue weighted by Crippen LogP contribution is 2.31. The lowest BCUT2D eigenvalue weighted by molar-refractivity contribution is 0.279. The van der Waals surface area contributed by atoms with Crippen molar-refractivity contribution in [2.75, 3.05) is 0 Å². The van der Waals surface area contributed by atoms with Crippen LogP contribution in [0.4, 0.5) is 8.78 Å². The minimum Gasteiger partial charge on any atom is -0.451 e. The molecule has 2 aromatic rings. The van der Waals surface area contributed by atoms with Gasteiger partial charge < -0.3 is 9.84 Å². The molecule has 0 atom stereocenters. The van der Waals surface area contributed by atoms with Crippen LogP contribution in [-0.2, 0) is 6.61 Å². The number of hydrogen-bond acceptors (Lipinski definition) is 2. The van der Waals surface area contributed by atoms with Crippen molar-refractivity contribution >= 4 is 0 Å². The molecule has 4 heteroatoms. The van der Waals surface area contributed by atoms with E-state index < -0.39 is 24.0 Å². The lowest BCUT2D eigenvalue weighted by atomic mass is 10.1. The van der Waals surface area contributed by atoms with Gasteiger partial charge in [-0.25, -0.2) is 8.78 Å². The Morgan fingerprint density at radius 1 is 1.11 bits per heavy atom. The van der Waals surface area contributed by atoms with Crippen LogP contribution in [0.5, 0.6) is 11.5 Å². The fraction of sp³-hybridized carbons (Fsp3) is 0.200. The first-order chi connectivity index (χ1) is 9.02. The van der Waals surface area contributed by atoms with Gasteiger partial charge in [0.15, 0.2) is 17.4 Å². The number of benzene rings is 2. The van der Waals surface area contributed by atoms with Crippen molar-refractivity contribution in [1.29, 1.82) is 0 Å². The van der Waals surface area contributed by atoms with E-state index >= 15 is 0 Å². The van der Waals surface area contributed by atoms with Gasteiger partial charge in [0.05, 0.1) is 6.61 Å². The van der Waals surface area contributed by atoms with Crippen molar-refractivity contribution in [3.05, 3.63) is 58.7 Å². The molecular weight excluding hydrogens is 250 g/mol. The zero-order valence-electron chi connectivity index (χ0n) is 10.7. The molecule has 0 spiro atoms. The molecular formula is C15H14F2O2. The summed E-state index contributed by atoms with van der Waals surface area (Å²) in [7, 11) is 0. The van der Waals surface area contributed by atoms with Gasteiger partial charge in [-0.2, -0.15) is 0 Å². The van der Waals surface area contributed by atoms with Crippen LogP contribution in [0, 0.1) is 25.5 Å². The van der Waals surface area contributed by atoms with Crippen LogP contribution in [-0.4, -0.2) is 5.11 Å². The van der Waals surface area contributed by atoms with E-state index in [9.17, 15) is 8.78 Å². The Labute approximate surface area is 110 Å². The number of halogens is 2. The quantitative estimate of drug-likeness (QED) is 0.912. The molecule has 0 aliphatic heterocycles. The minimum atomic E-state index is -0.829. The second kappa shape index (κ2) is 5.36. The van der Waals surface area contributed by atoms with Crippen LogP contribution in [0.1, 0.15) is 16.7 Å². The molecule has 19 heavy (non-hydrogen) atoms. The summed E-state index contributed by atoms with van der Waals surface area (Å²) in [4.78, 5) is 0. The molecule has 2 nitrogen and oxygen atoms in total. The third-order valence-electron chi connectivity index (χ3n) is 3.01. The lowest BCUT2D eigenvalue weighted by Gasteiger charge is -2.12. The van der Waals surface area contributed by atoms with E-state index in [1.54, 1.807) is 12.1 Å². The molecule has 0 fully saturated rings. The Balaban J connectivity index is 2.41. The zero-order chi connectivity index (χ0) is 14.0. The molecule has 100 valence electrons. The molecule has 0 radical (unpaired) electrons.